The quantitative estimate of drug-likeness (QED) is 0.405. The Labute approximate surface area is 186 Å². The van der Waals surface area contributed by atoms with E-state index in [9.17, 15) is 14.7 Å². The van der Waals surface area contributed by atoms with Crippen molar-refractivity contribution in [3.05, 3.63) is 23.0 Å². The van der Waals surface area contributed by atoms with Gasteiger partial charge in [0.15, 0.2) is 5.78 Å². The summed E-state index contributed by atoms with van der Waals surface area (Å²) in [6.07, 6.45) is 4.63. The summed E-state index contributed by atoms with van der Waals surface area (Å²) in [5.74, 6) is 0.585. The first-order chi connectivity index (χ1) is 14.4. The van der Waals surface area contributed by atoms with Crippen molar-refractivity contribution in [1.82, 2.24) is 4.90 Å². The van der Waals surface area contributed by atoms with E-state index in [1.807, 2.05) is 13.8 Å². The monoisotopic (exact) mass is 429 g/mol. The largest absolute Gasteiger partial charge is 0.509 e. The molecule has 1 N–H and O–H groups in total. The van der Waals surface area contributed by atoms with E-state index in [0.29, 0.717) is 17.8 Å². The number of hydrogen-bond donors (Lipinski definition) is 1. The summed E-state index contributed by atoms with van der Waals surface area (Å²) in [5, 5.41) is 11.0. The zero-order chi connectivity index (χ0) is 23.0. The number of carbonyl (C=O) groups is 2. The van der Waals surface area contributed by atoms with Gasteiger partial charge in [-0.3, -0.25) is 9.59 Å². The minimum absolute atomic E-state index is 0.0207. The molecule has 0 radical (unpaired) electrons. The summed E-state index contributed by atoms with van der Waals surface area (Å²) in [5.41, 5.74) is 0.829. The van der Waals surface area contributed by atoms with E-state index in [-0.39, 0.29) is 52.8 Å². The Morgan fingerprint density at radius 3 is 2.39 bits per heavy atom. The first-order valence-electron chi connectivity index (χ1n) is 12.0. The predicted octanol–water partition coefficient (Wildman–Crippen LogP) is 4.53. The van der Waals surface area contributed by atoms with E-state index in [4.69, 9.17) is 4.74 Å². The maximum atomic E-state index is 14.2. The van der Waals surface area contributed by atoms with Crippen molar-refractivity contribution in [2.45, 2.75) is 79.1 Å². The van der Waals surface area contributed by atoms with Gasteiger partial charge in [-0.1, -0.05) is 39.3 Å². The van der Waals surface area contributed by atoms with Crippen molar-refractivity contribution in [3.63, 3.8) is 0 Å². The maximum Gasteiger partial charge on any atom is 0.261 e. The molecule has 1 amide bonds. The molecule has 2 unspecified atom stereocenters. The molecule has 4 rings (SSSR count). The minimum atomic E-state index is -0.434. The lowest BCUT2D eigenvalue weighted by Gasteiger charge is -2.49. The van der Waals surface area contributed by atoms with Gasteiger partial charge in [0.1, 0.15) is 11.3 Å². The molecule has 0 aromatic carbocycles. The molecular weight excluding hydrogens is 390 g/mol. The van der Waals surface area contributed by atoms with Crippen molar-refractivity contribution in [1.29, 1.82) is 0 Å². The first kappa shape index (κ1) is 22.6. The summed E-state index contributed by atoms with van der Waals surface area (Å²) >= 11 is 0. The molecule has 0 aromatic rings. The molecule has 1 saturated carbocycles. The molecular formula is C26H39NO4. The lowest BCUT2D eigenvalue weighted by atomic mass is 9.54. The number of nitrogens with zero attached hydrogens (tertiary/aromatic N) is 1. The van der Waals surface area contributed by atoms with Crippen molar-refractivity contribution in [2.75, 3.05) is 7.05 Å². The minimum Gasteiger partial charge on any atom is -0.509 e. The Kier molecular flexibility index (Phi) is 5.44. The molecule has 1 saturated heterocycles. The van der Waals surface area contributed by atoms with Gasteiger partial charge in [0, 0.05) is 18.9 Å². The van der Waals surface area contributed by atoms with Crippen LogP contribution in [-0.4, -0.2) is 46.5 Å². The molecule has 9 atom stereocenters. The van der Waals surface area contributed by atoms with Crippen LogP contribution in [0.3, 0.4) is 0 Å². The number of aliphatic hydroxyl groups excluding tert-OH is 1. The molecule has 2 aliphatic carbocycles. The SMILES string of the molecule is CC1=C[C@@H]2C[C@H](C)C[C@H](C)[C@H]2[C@H](C(=O)C2=C(O)[C@H](C(C)C)N(C)C2=O)[C@H]1C1(C)OC1C. The third-order valence-corrected chi connectivity index (χ3v) is 8.81. The number of rotatable bonds is 4. The smallest absolute Gasteiger partial charge is 0.261 e. The maximum absolute atomic E-state index is 14.2. The van der Waals surface area contributed by atoms with Crippen molar-refractivity contribution in [3.8, 4) is 0 Å². The van der Waals surface area contributed by atoms with Gasteiger partial charge in [0.25, 0.3) is 5.91 Å². The standard InChI is InChI=1S/C26H39NO4/c1-12(2)22-24(29)20(25(30)27(22)8)23(28)19-18-14(4)9-13(3)10-17(18)11-15(5)21(19)26(7)16(6)31-26/h11-14,16-19,21-22,29H,9-10H2,1-8H3/t13-,14+,16?,17+,18-,19+,21+,22+,26?/m1/s1. The fourth-order valence-corrected chi connectivity index (χ4v) is 7.39. The fraction of sp³-hybridized carbons (Fsp3) is 0.769. The molecule has 5 heteroatoms. The summed E-state index contributed by atoms with van der Waals surface area (Å²) < 4.78 is 6.06. The number of aliphatic hydroxyl groups is 1. The number of ketones is 1. The summed E-state index contributed by atoms with van der Waals surface area (Å²) in [6, 6.07) is -0.434. The number of amides is 1. The molecule has 31 heavy (non-hydrogen) atoms. The molecule has 0 spiro atoms. The number of Topliss-reactive ketones (excluding diaryl/α,β-unsaturated/α-hetero) is 1. The zero-order valence-electron chi connectivity index (χ0n) is 20.3. The van der Waals surface area contributed by atoms with Crippen LogP contribution in [-0.2, 0) is 14.3 Å². The number of carbonyl (C=O) groups excluding carboxylic acids is 2. The molecule has 0 bridgehead atoms. The van der Waals surface area contributed by atoms with Gasteiger partial charge in [0.2, 0.25) is 0 Å². The fourth-order valence-electron chi connectivity index (χ4n) is 7.39. The number of epoxide rings is 1. The van der Waals surface area contributed by atoms with Crippen LogP contribution >= 0.6 is 0 Å². The van der Waals surface area contributed by atoms with Gasteiger partial charge < -0.3 is 14.7 Å². The van der Waals surface area contributed by atoms with Crippen LogP contribution in [0.1, 0.15) is 61.3 Å². The normalized spacial score (nSPS) is 45.1. The zero-order valence-corrected chi connectivity index (χ0v) is 20.3. The van der Waals surface area contributed by atoms with E-state index in [1.165, 1.54) is 10.5 Å². The lowest BCUT2D eigenvalue weighted by Crippen LogP contribution is -2.50. The van der Waals surface area contributed by atoms with E-state index in [0.717, 1.165) is 12.8 Å². The van der Waals surface area contributed by atoms with Crippen LogP contribution < -0.4 is 0 Å². The third-order valence-electron chi connectivity index (χ3n) is 8.81. The number of allylic oxidation sites excluding steroid dienone is 1. The number of hydrogen-bond acceptors (Lipinski definition) is 4. The highest BCUT2D eigenvalue weighted by molar-refractivity contribution is 6.22. The summed E-state index contributed by atoms with van der Waals surface area (Å²) in [6.45, 7) is 14.8. The van der Waals surface area contributed by atoms with Crippen LogP contribution in [0.25, 0.3) is 0 Å². The van der Waals surface area contributed by atoms with Crippen LogP contribution in [0.4, 0.5) is 0 Å². The van der Waals surface area contributed by atoms with Crippen LogP contribution in [0.15, 0.2) is 23.0 Å². The second-order valence-corrected chi connectivity index (χ2v) is 11.4. The number of fused-ring (bicyclic) bond motifs is 1. The van der Waals surface area contributed by atoms with E-state index in [1.54, 1.807) is 7.05 Å². The predicted molar refractivity (Wildman–Crippen MR) is 120 cm³/mol. The Morgan fingerprint density at radius 2 is 1.87 bits per heavy atom. The van der Waals surface area contributed by atoms with Crippen LogP contribution in [0.5, 0.6) is 0 Å². The molecule has 4 aliphatic rings. The Hall–Kier alpha value is -1.62. The third kappa shape index (κ3) is 3.30. The van der Waals surface area contributed by atoms with Gasteiger partial charge in [0.05, 0.1) is 17.7 Å². The molecule has 5 nitrogen and oxygen atoms in total. The Bertz CT molecular complexity index is 857. The van der Waals surface area contributed by atoms with Gasteiger partial charge >= 0.3 is 0 Å². The molecule has 2 heterocycles. The van der Waals surface area contributed by atoms with E-state index >= 15 is 0 Å². The average molecular weight is 430 g/mol. The van der Waals surface area contributed by atoms with Crippen molar-refractivity contribution < 1.29 is 19.4 Å². The highest BCUT2D eigenvalue weighted by Gasteiger charge is 2.63. The topological polar surface area (TPSA) is 70.1 Å². The van der Waals surface area contributed by atoms with Crippen molar-refractivity contribution in [2.24, 2.45) is 41.4 Å². The van der Waals surface area contributed by atoms with Crippen LogP contribution in [0, 0.1) is 41.4 Å². The molecule has 172 valence electrons. The lowest BCUT2D eigenvalue weighted by molar-refractivity contribution is -0.132. The van der Waals surface area contributed by atoms with E-state index in [2.05, 4.69) is 40.7 Å². The second-order valence-electron chi connectivity index (χ2n) is 11.4. The van der Waals surface area contributed by atoms with Gasteiger partial charge in [-0.25, -0.2) is 0 Å². The summed E-state index contributed by atoms with van der Waals surface area (Å²) in [4.78, 5) is 28.9. The van der Waals surface area contributed by atoms with E-state index < -0.39 is 11.6 Å². The second kappa shape index (κ2) is 7.47. The highest BCUT2D eigenvalue weighted by atomic mass is 16.6. The first-order valence-corrected chi connectivity index (χ1v) is 12.0. The van der Waals surface area contributed by atoms with Gasteiger partial charge in [-0.05, 0) is 63.2 Å². The average Bonchev–Trinajstić information content (AvgIpc) is 3.18. The van der Waals surface area contributed by atoms with Gasteiger partial charge in [-0.15, -0.1) is 0 Å². The Morgan fingerprint density at radius 1 is 1.26 bits per heavy atom. The van der Waals surface area contributed by atoms with Gasteiger partial charge in [-0.2, -0.15) is 0 Å². The molecule has 2 fully saturated rings. The van der Waals surface area contributed by atoms with Crippen molar-refractivity contribution >= 4 is 11.7 Å². The molecule has 0 aromatic heterocycles. The van der Waals surface area contributed by atoms with Crippen LogP contribution in [0.2, 0.25) is 0 Å². The highest BCUT2D eigenvalue weighted by Crippen LogP contribution is 2.58. The Balaban J connectivity index is 1.82. The number of likely N-dealkylation sites (N-methyl/N-ethyl adjacent to an activating group) is 1. The summed E-state index contributed by atoms with van der Waals surface area (Å²) in [7, 11) is 1.69. The number of ether oxygens (including phenoxy) is 1. The molecule has 2 aliphatic heterocycles.